The lowest BCUT2D eigenvalue weighted by molar-refractivity contribution is 0.416. The largest absolute Gasteiger partial charge is 0.495 e. The Hall–Kier alpha value is -1.61. The van der Waals surface area contributed by atoms with Gasteiger partial charge in [-0.05, 0) is 42.3 Å². The highest BCUT2D eigenvalue weighted by Gasteiger charge is 2.02. The zero-order valence-corrected chi connectivity index (χ0v) is 11.5. The van der Waals surface area contributed by atoms with Gasteiger partial charge in [-0.1, -0.05) is 30.8 Å². The summed E-state index contributed by atoms with van der Waals surface area (Å²) in [4.78, 5) is 2.34. The maximum atomic E-state index is 5.89. The summed E-state index contributed by atoms with van der Waals surface area (Å²) >= 11 is 1.70. The molecule has 0 unspecified atom stereocenters. The lowest BCUT2D eigenvalue weighted by atomic mass is 10.2. The fourth-order valence-electron chi connectivity index (χ4n) is 1.71. The van der Waals surface area contributed by atoms with E-state index in [0.717, 1.165) is 17.1 Å². The van der Waals surface area contributed by atoms with Crippen LogP contribution in [0.15, 0.2) is 52.3 Å². The fourth-order valence-corrected chi connectivity index (χ4v) is 2.57. The van der Waals surface area contributed by atoms with Crippen LogP contribution in [0.4, 0.5) is 5.69 Å². The molecule has 2 aromatic rings. The van der Waals surface area contributed by atoms with Crippen LogP contribution in [-0.4, -0.2) is 7.11 Å². The first-order valence-corrected chi connectivity index (χ1v) is 6.75. The second-order valence-electron chi connectivity index (χ2n) is 4.00. The van der Waals surface area contributed by atoms with E-state index < -0.39 is 0 Å². The molecule has 0 aliphatic heterocycles. The number of ether oxygens (including phenoxy) is 1. The number of methoxy groups -OCH3 is 1. The maximum absolute atomic E-state index is 5.89. The van der Waals surface area contributed by atoms with Gasteiger partial charge < -0.3 is 10.5 Å². The summed E-state index contributed by atoms with van der Waals surface area (Å²) in [5.74, 6) is 0.723. The Morgan fingerprint density at radius 3 is 2.28 bits per heavy atom. The van der Waals surface area contributed by atoms with Crippen molar-refractivity contribution in [3.63, 3.8) is 0 Å². The minimum Gasteiger partial charge on any atom is -0.495 e. The second-order valence-corrected chi connectivity index (χ2v) is 5.15. The van der Waals surface area contributed by atoms with E-state index in [1.54, 1.807) is 18.9 Å². The summed E-state index contributed by atoms with van der Waals surface area (Å²) < 4.78 is 5.15. The summed E-state index contributed by atoms with van der Waals surface area (Å²) in [5, 5.41) is 0. The Balaban J connectivity index is 2.15. The van der Waals surface area contributed by atoms with E-state index in [1.165, 1.54) is 10.5 Å². The Morgan fingerprint density at radius 2 is 1.72 bits per heavy atom. The third-order valence-corrected chi connectivity index (χ3v) is 3.77. The van der Waals surface area contributed by atoms with Crippen molar-refractivity contribution in [3.05, 3.63) is 48.0 Å². The lowest BCUT2D eigenvalue weighted by Gasteiger charge is -2.07. The third kappa shape index (κ3) is 2.99. The number of nitrogen functional groups attached to an aromatic ring is 1. The van der Waals surface area contributed by atoms with Gasteiger partial charge in [0.15, 0.2) is 0 Å². The number of nitrogens with two attached hydrogens (primary N) is 1. The van der Waals surface area contributed by atoms with E-state index in [4.69, 9.17) is 10.5 Å². The molecule has 3 heteroatoms. The Labute approximate surface area is 112 Å². The molecule has 0 atom stereocenters. The van der Waals surface area contributed by atoms with Crippen molar-refractivity contribution in [2.75, 3.05) is 12.8 Å². The number of benzene rings is 2. The maximum Gasteiger partial charge on any atom is 0.141 e. The van der Waals surface area contributed by atoms with Gasteiger partial charge in [-0.2, -0.15) is 0 Å². The number of hydrogen-bond acceptors (Lipinski definition) is 3. The molecule has 0 aliphatic carbocycles. The highest BCUT2D eigenvalue weighted by atomic mass is 32.2. The van der Waals surface area contributed by atoms with Crippen LogP contribution in [0.25, 0.3) is 0 Å². The molecule has 0 saturated carbocycles. The standard InChI is InChI=1S/C15H17NOS/c1-3-11-4-6-12(7-5-11)18-13-8-9-15(17-2)14(16)10-13/h4-10H,3,16H2,1-2H3. The first-order chi connectivity index (χ1) is 8.72. The molecule has 2 aromatic carbocycles. The number of rotatable bonds is 4. The highest BCUT2D eigenvalue weighted by Crippen LogP contribution is 2.32. The van der Waals surface area contributed by atoms with Gasteiger partial charge in [0.25, 0.3) is 0 Å². The van der Waals surface area contributed by atoms with Gasteiger partial charge in [-0.15, -0.1) is 0 Å². The molecule has 0 heterocycles. The molecule has 0 aliphatic rings. The fraction of sp³-hybridized carbons (Fsp3) is 0.200. The molecule has 94 valence electrons. The summed E-state index contributed by atoms with van der Waals surface area (Å²) in [6, 6.07) is 14.5. The molecule has 2 rings (SSSR count). The summed E-state index contributed by atoms with van der Waals surface area (Å²) in [5.41, 5.74) is 7.92. The summed E-state index contributed by atoms with van der Waals surface area (Å²) in [6.07, 6.45) is 1.07. The molecular formula is C15H17NOS. The normalized spacial score (nSPS) is 10.3. The van der Waals surface area contributed by atoms with E-state index >= 15 is 0 Å². The van der Waals surface area contributed by atoms with Crippen LogP contribution < -0.4 is 10.5 Å². The van der Waals surface area contributed by atoms with E-state index in [0.29, 0.717) is 5.69 Å². The Kier molecular flexibility index (Phi) is 4.15. The van der Waals surface area contributed by atoms with Crippen LogP contribution in [0, 0.1) is 0 Å². The number of aryl methyl sites for hydroxylation is 1. The van der Waals surface area contributed by atoms with Crippen molar-refractivity contribution in [1.29, 1.82) is 0 Å². The van der Waals surface area contributed by atoms with Crippen LogP contribution in [-0.2, 0) is 6.42 Å². The van der Waals surface area contributed by atoms with E-state index in [9.17, 15) is 0 Å². The Morgan fingerprint density at radius 1 is 1.06 bits per heavy atom. The average Bonchev–Trinajstić information content (AvgIpc) is 2.40. The first-order valence-electron chi connectivity index (χ1n) is 5.93. The van der Waals surface area contributed by atoms with Crippen molar-refractivity contribution >= 4 is 17.4 Å². The molecule has 2 nitrogen and oxygen atoms in total. The average molecular weight is 259 g/mol. The van der Waals surface area contributed by atoms with Gasteiger partial charge in [0.05, 0.1) is 12.8 Å². The van der Waals surface area contributed by atoms with Crippen molar-refractivity contribution < 1.29 is 4.74 Å². The van der Waals surface area contributed by atoms with Gasteiger partial charge in [-0.3, -0.25) is 0 Å². The molecule has 0 spiro atoms. The predicted octanol–water partition coefficient (Wildman–Crippen LogP) is 3.99. The van der Waals surface area contributed by atoms with Crippen LogP contribution >= 0.6 is 11.8 Å². The van der Waals surface area contributed by atoms with Crippen LogP contribution in [0.3, 0.4) is 0 Å². The van der Waals surface area contributed by atoms with Crippen LogP contribution in [0.5, 0.6) is 5.75 Å². The summed E-state index contributed by atoms with van der Waals surface area (Å²) in [7, 11) is 1.63. The molecule has 0 radical (unpaired) electrons. The molecule has 2 N–H and O–H groups in total. The first kappa shape index (κ1) is 12.8. The van der Waals surface area contributed by atoms with Gasteiger partial charge >= 0.3 is 0 Å². The van der Waals surface area contributed by atoms with Crippen molar-refractivity contribution in [1.82, 2.24) is 0 Å². The zero-order valence-electron chi connectivity index (χ0n) is 10.6. The van der Waals surface area contributed by atoms with Crippen molar-refractivity contribution in [3.8, 4) is 5.75 Å². The SMILES string of the molecule is CCc1ccc(Sc2ccc(OC)c(N)c2)cc1. The van der Waals surface area contributed by atoms with Crippen molar-refractivity contribution in [2.45, 2.75) is 23.1 Å². The molecule has 0 saturated heterocycles. The number of anilines is 1. The van der Waals surface area contributed by atoms with Gasteiger partial charge in [0.1, 0.15) is 5.75 Å². The highest BCUT2D eigenvalue weighted by molar-refractivity contribution is 7.99. The van der Waals surface area contributed by atoms with Crippen LogP contribution in [0.2, 0.25) is 0 Å². The molecule has 0 fully saturated rings. The van der Waals surface area contributed by atoms with Crippen LogP contribution in [0.1, 0.15) is 12.5 Å². The minimum atomic E-state index is 0.674. The van der Waals surface area contributed by atoms with Gasteiger partial charge in [0.2, 0.25) is 0 Å². The molecule has 0 amide bonds. The third-order valence-electron chi connectivity index (χ3n) is 2.77. The monoisotopic (exact) mass is 259 g/mol. The Bertz CT molecular complexity index is 523. The van der Waals surface area contributed by atoms with E-state index in [1.807, 2.05) is 18.2 Å². The lowest BCUT2D eigenvalue weighted by Crippen LogP contribution is -1.91. The molecule has 0 bridgehead atoms. The van der Waals surface area contributed by atoms with E-state index in [2.05, 4.69) is 31.2 Å². The molecular weight excluding hydrogens is 242 g/mol. The quantitative estimate of drug-likeness (QED) is 0.843. The topological polar surface area (TPSA) is 35.2 Å². The zero-order chi connectivity index (χ0) is 13.0. The molecule has 0 aromatic heterocycles. The predicted molar refractivity (Wildman–Crippen MR) is 77.3 cm³/mol. The van der Waals surface area contributed by atoms with Crippen molar-refractivity contribution in [2.24, 2.45) is 0 Å². The minimum absolute atomic E-state index is 0.674. The smallest absolute Gasteiger partial charge is 0.141 e. The van der Waals surface area contributed by atoms with Gasteiger partial charge in [-0.25, -0.2) is 0 Å². The number of hydrogen-bond donors (Lipinski definition) is 1. The second kappa shape index (κ2) is 5.83. The molecule has 18 heavy (non-hydrogen) atoms. The summed E-state index contributed by atoms with van der Waals surface area (Å²) in [6.45, 7) is 2.16. The van der Waals surface area contributed by atoms with Gasteiger partial charge in [0, 0.05) is 9.79 Å². The van der Waals surface area contributed by atoms with E-state index in [-0.39, 0.29) is 0 Å².